The first-order valence-corrected chi connectivity index (χ1v) is 12.9. The van der Waals surface area contributed by atoms with Crippen LogP contribution in [-0.2, 0) is 26.6 Å². The minimum absolute atomic E-state index is 0.0230. The number of aliphatic hydroxyl groups is 2. The molecule has 0 aromatic carbocycles. The third kappa shape index (κ3) is 8.41. The van der Waals surface area contributed by atoms with Crippen LogP contribution >= 0.6 is 0 Å². The van der Waals surface area contributed by atoms with Gasteiger partial charge in [0, 0.05) is 67.0 Å². The second-order valence-electron chi connectivity index (χ2n) is 6.12. The third-order valence-electron chi connectivity index (χ3n) is 4.88. The first kappa shape index (κ1) is 30.2. The van der Waals surface area contributed by atoms with Gasteiger partial charge in [-0.1, -0.05) is 0 Å². The quantitative estimate of drug-likeness (QED) is 0.237. The molecule has 0 saturated heterocycles. The highest BCUT2D eigenvalue weighted by Gasteiger charge is 2.58. The van der Waals surface area contributed by atoms with Crippen LogP contribution in [0.3, 0.4) is 0 Å². The van der Waals surface area contributed by atoms with Crippen molar-refractivity contribution in [2.45, 2.75) is 36.8 Å². The molecule has 0 spiro atoms. The van der Waals surface area contributed by atoms with Crippen molar-refractivity contribution in [3.8, 4) is 0 Å². The van der Waals surface area contributed by atoms with Gasteiger partial charge in [0.1, 0.15) is 0 Å². The zero-order chi connectivity index (χ0) is 22.1. The molecule has 0 unspecified atom stereocenters. The summed E-state index contributed by atoms with van der Waals surface area (Å²) >= 11 is 0. The van der Waals surface area contributed by atoms with E-state index in [4.69, 9.17) is 38.0 Å². The normalized spacial score (nSPS) is 12.6. The zero-order valence-electron chi connectivity index (χ0n) is 18.4. The highest BCUT2D eigenvalue weighted by molar-refractivity contribution is 6.64. The van der Waals surface area contributed by atoms with E-state index in [1.54, 1.807) is 21.3 Å². The van der Waals surface area contributed by atoms with Gasteiger partial charge in [0.15, 0.2) is 0 Å². The number of aliphatic hydroxyl groups excluding tert-OH is 2. The molecule has 0 heterocycles. The molecule has 0 aromatic heterocycles. The molecule has 6 N–H and O–H groups in total. The topological polar surface area (TPSA) is 148 Å². The largest absolute Gasteiger partial charge is 0.506 e. The summed E-state index contributed by atoms with van der Waals surface area (Å²) in [7, 11) is 4.12. The molecule has 0 atom stereocenters. The van der Waals surface area contributed by atoms with Crippen LogP contribution < -0.4 is 11.5 Å². The van der Waals surface area contributed by atoms with Gasteiger partial charge in [-0.05, 0) is 38.8 Å². The van der Waals surface area contributed by atoms with E-state index in [1.165, 1.54) is 21.3 Å². The summed E-state index contributed by atoms with van der Waals surface area (Å²) < 4.78 is 32.0. The molecular weight excluding hydrogens is 404 g/mol. The maximum Gasteiger partial charge on any atom is 0.506 e. The molecule has 0 fully saturated rings. The summed E-state index contributed by atoms with van der Waals surface area (Å²) in [5.74, 6) is 0. The molecule has 10 nitrogen and oxygen atoms in total. The van der Waals surface area contributed by atoms with Crippen molar-refractivity contribution in [2.24, 2.45) is 11.5 Å². The standard InChI is InChI=1S/C10H25NO5Si.C6H17NO3Si/c1-14-17(15-2,16-3)10(4-7-11,5-8-12)6-9-13;1-8-11(9-2,10-3)6-4-5-7/h12-13H,4-9,11H2,1-3H3;4-7H2,1-3H3. The SMILES string of the molecule is CO[Si](CCCN)(OC)OC.CO[Si](OC)(OC)C(CCN)(CCO)CCO. The first-order chi connectivity index (χ1) is 13.4. The van der Waals surface area contributed by atoms with E-state index in [2.05, 4.69) is 0 Å². The van der Waals surface area contributed by atoms with Crippen molar-refractivity contribution in [3.63, 3.8) is 0 Å². The molecule has 0 bridgehead atoms. The molecule has 12 heteroatoms. The summed E-state index contributed by atoms with van der Waals surface area (Å²) in [6.07, 6.45) is 2.33. The van der Waals surface area contributed by atoms with Crippen LogP contribution in [0.1, 0.15) is 25.7 Å². The molecule has 0 radical (unpaired) electrons. The second kappa shape index (κ2) is 16.8. The first-order valence-electron chi connectivity index (χ1n) is 9.29. The Morgan fingerprint density at radius 1 is 0.679 bits per heavy atom. The Morgan fingerprint density at radius 2 is 1.11 bits per heavy atom. The Labute approximate surface area is 172 Å². The number of nitrogens with two attached hydrogens (primary N) is 2. The van der Waals surface area contributed by atoms with E-state index in [0.29, 0.717) is 32.4 Å². The van der Waals surface area contributed by atoms with Gasteiger partial charge in [-0.2, -0.15) is 0 Å². The second-order valence-corrected chi connectivity index (χ2v) is 12.6. The Balaban J connectivity index is 0. The Bertz CT molecular complexity index is 328. The summed E-state index contributed by atoms with van der Waals surface area (Å²) in [6.45, 7) is 1.02. The predicted molar refractivity (Wildman–Crippen MR) is 112 cm³/mol. The highest BCUT2D eigenvalue weighted by atomic mass is 28.4. The third-order valence-corrected chi connectivity index (χ3v) is 11.4. The van der Waals surface area contributed by atoms with E-state index in [9.17, 15) is 10.2 Å². The molecule has 0 saturated carbocycles. The summed E-state index contributed by atoms with van der Waals surface area (Å²) in [4.78, 5) is 0. The van der Waals surface area contributed by atoms with Crippen LogP contribution in [0.15, 0.2) is 0 Å². The molecule has 28 heavy (non-hydrogen) atoms. The molecule has 0 aliphatic rings. The van der Waals surface area contributed by atoms with Gasteiger partial charge in [0.25, 0.3) is 0 Å². The van der Waals surface area contributed by atoms with Crippen LogP contribution in [0.25, 0.3) is 0 Å². The fraction of sp³-hybridized carbons (Fsp3) is 1.00. The van der Waals surface area contributed by atoms with Crippen molar-refractivity contribution < 1.29 is 36.8 Å². The highest BCUT2D eigenvalue weighted by Crippen LogP contribution is 2.48. The lowest BCUT2D eigenvalue weighted by molar-refractivity contribution is 0.0669. The van der Waals surface area contributed by atoms with Crippen LogP contribution in [0.4, 0.5) is 0 Å². The van der Waals surface area contributed by atoms with Gasteiger partial charge in [-0.25, -0.2) is 0 Å². The van der Waals surface area contributed by atoms with Gasteiger partial charge in [0.2, 0.25) is 0 Å². The Kier molecular flexibility index (Phi) is 18.1. The smallest absolute Gasteiger partial charge is 0.396 e. The van der Waals surface area contributed by atoms with Crippen molar-refractivity contribution in [1.29, 1.82) is 0 Å². The van der Waals surface area contributed by atoms with Crippen LogP contribution in [0.2, 0.25) is 11.1 Å². The number of rotatable bonds is 16. The van der Waals surface area contributed by atoms with E-state index >= 15 is 0 Å². The summed E-state index contributed by atoms with van der Waals surface area (Å²) in [5, 5.41) is 17.9. The maximum atomic E-state index is 9.24. The maximum absolute atomic E-state index is 9.24. The van der Waals surface area contributed by atoms with Crippen LogP contribution in [0.5, 0.6) is 0 Å². The molecular formula is C16H42N2O8Si2. The number of hydrogen-bond donors (Lipinski definition) is 4. The Hall–Kier alpha value is 0.0338. The lowest BCUT2D eigenvalue weighted by Gasteiger charge is -2.43. The Morgan fingerprint density at radius 3 is 1.36 bits per heavy atom. The fourth-order valence-corrected chi connectivity index (χ4v) is 8.15. The van der Waals surface area contributed by atoms with Crippen LogP contribution in [0, 0.1) is 0 Å². The van der Waals surface area contributed by atoms with Gasteiger partial charge in [0.05, 0.1) is 0 Å². The van der Waals surface area contributed by atoms with Crippen molar-refractivity contribution in [3.05, 3.63) is 0 Å². The van der Waals surface area contributed by atoms with E-state index in [0.717, 1.165) is 12.5 Å². The monoisotopic (exact) mass is 446 g/mol. The molecule has 0 aliphatic carbocycles. The minimum Gasteiger partial charge on any atom is -0.396 e. The van der Waals surface area contributed by atoms with Crippen molar-refractivity contribution in [2.75, 3.05) is 69.0 Å². The van der Waals surface area contributed by atoms with Gasteiger partial charge in [-0.3, -0.25) is 0 Å². The minimum atomic E-state index is -2.96. The van der Waals surface area contributed by atoms with E-state index in [-0.39, 0.29) is 13.2 Å². The van der Waals surface area contributed by atoms with Crippen LogP contribution in [-0.4, -0.2) is 96.8 Å². The average Bonchev–Trinajstić information content (AvgIpc) is 2.72. The average molecular weight is 447 g/mol. The lowest BCUT2D eigenvalue weighted by Crippen LogP contribution is -2.56. The molecule has 0 amide bonds. The van der Waals surface area contributed by atoms with Gasteiger partial charge >= 0.3 is 17.6 Å². The van der Waals surface area contributed by atoms with E-state index in [1.807, 2.05) is 0 Å². The molecule has 0 aliphatic heterocycles. The van der Waals surface area contributed by atoms with Crippen molar-refractivity contribution in [1.82, 2.24) is 0 Å². The molecule has 0 rings (SSSR count). The molecule has 172 valence electrons. The number of hydrogen-bond acceptors (Lipinski definition) is 10. The van der Waals surface area contributed by atoms with Gasteiger partial charge in [-0.15, -0.1) is 0 Å². The zero-order valence-corrected chi connectivity index (χ0v) is 20.4. The van der Waals surface area contributed by atoms with Crippen molar-refractivity contribution >= 4 is 17.6 Å². The molecule has 0 aromatic rings. The van der Waals surface area contributed by atoms with Gasteiger partial charge < -0.3 is 48.2 Å². The fourth-order valence-electron chi connectivity index (χ4n) is 3.31. The lowest BCUT2D eigenvalue weighted by atomic mass is 9.97. The summed E-state index contributed by atoms with van der Waals surface area (Å²) in [6, 6.07) is 0.785. The predicted octanol–water partition coefficient (Wildman–Crippen LogP) is -0.0682. The summed E-state index contributed by atoms with van der Waals surface area (Å²) in [5.41, 5.74) is 11.0. The van der Waals surface area contributed by atoms with E-state index < -0.39 is 22.6 Å².